The number of hydrogen-bond acceptors (Lipinski definition) is 10. The highest BCUT2D eigenvalue weighted by Crippen LogP contribution is 2.43. The van der Waals surface area contributed by atoms with Crippen molar-refractivity contribution in [2.24, 2.45) is 0 Å². The highest BCUT2D eigenvalue weighted by molar-refractivity contribution is 6.77. The third-order valence-corrected chi connectivity index (χ3v) is 19.0. The van der Waals surface area contributed by atoms with Gasteiger partial charge in [0.15, 0.2) is 0 Å². The zero-order valence-corrected chi connectivity index (χ0v) is 46.9. The molecule has 2 unspecified atom stereocenters. The number of aliphatic hydroxyl groups is 1. The van der Waals surface area contributed by atoms with Crippen LogP contribution in [0.1, 0.15) is 117 Å². The number of fused-ring (bicyclic) bond motifs is 2. The molecule has 0 saturated heterocycles. The Morgan fingerprint density at radius 2 is 0.932 bits per heavy atom. The number of ether oxygens (including phenoxy) is 2. The molecular formula is C59H78N6O8Si. The number of aliphatic hydroxyl groups excluding tert-OH is 1. The van der Waals surface area contributed by atoms with Gasteiger partial charge < -0.3 is 39.4 Å². The maximum atomic E-state index is 13.7. The van der Waals surface area contributed by atoms with Crippen molar-refractivity contribution in [2.75, 3.05) is 37.8 Å². The molecule has 0 aliphatic carbocycles. The van der Waals surface area contributed by atoms with Crippen LogP contribution in [-0.2, 0) is 36.7 Å². The molecule has 2 heterocycles. The molecule has 2 aromatic heterocycles. The van der Waals surface area contributed by atoms with Crippen LogP contribution in [-0.4, -0.2) is 95.6 Å². The number of hydrogen-bond donors (Lipinski definition) is 3. The summed E-state index contributed by atoms with van der Waals surface area (Å²) in [6.07, 6.45) is 6.02. The summed E-state index contributed by atoms with van der Waals surface area (Å²) >= 11 is 0. The number of rotatable bonds is 17. The molecule has 0 radical (unpaired) electrons. The van der Waals surface area contributed by atoms with Crippen molar-refractivity contribution in [1.82, 2.24) is 19.8 Å². The molecule has 14 nitrogen and oxygen atoms in total. The average Bonchev–Trinajstić information content (AvgIpc) is 3.34. The number of likely N-dealkylation sites (N-methyl/N-ethyl adjacent to an activating group) is 2. The van der Waals surface area contributed by atoms with Crippen LogP contribution >= 0.6 is 0 Å². The van der Waals surface area contributed by atoms with E-state index < -0.39 is 43.5 Å². The molecule has 0 fully saturated rings. The Balaban J connectivity index is 0.000000284. The Morgan fingerprint density at radius 3 is 1.28 bits per heavy atom. The summed E-state index contributed by atoms with van der Waals surface area (Å²) in [4.78, 5) is 63.5. The van der Waals surface area contributed by atoms with Gasteiger partial charge in [0.1, 0.15) is 11.2 Å². The second-order valence-electron chi connectivity index (χ2n) is 21.9. The van der Waals surface area contributed by atoms with Crippen molar-refractivity contribution >= 4 is 65.2 Å². The van der Waals surface area contributed by atoms with Gasteiger partial charge >= 0.3 is 12.2 Å². The van der Waals surface area contributed by atoms with Crippen molar-refractivity contribution in [3.63, 3.8) is 0 Å². The molecule has 0 saturated carbocycles. The number of anilines is 2. The molecule has 15 heteroatoms. The number of pyridine rings is 2. The number of carbonyl (C=O) groups excluding carboxylic acids is 4. The van der Waals surface area contributed by atoms with E-state index >= 15 is 0 Å². The standard InChI is InChI=1S/C34H49N3O4Si.C25H29N3O4/c1-23(2)42(24(3)4,25(5)6)40-22-26-11-13-27(14-12-26)31(21-37(10)33(39)41-34(7,8)9)32(38)36-30-16-15-29-20-35-18-17-28(29)19-30;1-25(2,3)32-24(31)28(4)15-22(18-7-5-17(16-29)6-8-18)23(30)27-21-10-9-20-14-26-12-11-19(20)13-21/h11-20,23-25,31H,21-22H2,1-10H3,(H,36,38);5-14,22,29H,15-16H2,1-4H3,(H,27,30). The number of aromatic nitrogens is 2. The van der Waals surface area contributed by atoms with Gasteiger partial charge in [-0.3, -0.25) is 19.6 Å². The molecule has 0 bridgehead atoms. The Kier molecular flexibility index (Phi) is 20.1. The summed E-state index contributed by atoms with van der Waals surface area (Å²) in [5.74, 6) is -1.69. The highest BCUT2D eigenvalue weighted by atomic mass is 28.4. The molecule has 3 N–H and O–H groups in total. The fourth-order valence-corrected chi connectivity index (χ4v) is 14.7. The first-order valence-electron chi connectivity index (χ1n) is 25.4. The van der Waals surface area contributed by atoms with Crippen LogP contribution in [0.15, 0.2) is 122 Å². The molecule has 396 valence electrons. The average molecular weight is 1030 g/mol. The molecule has 0 aliphatic rings. The van der Waals surface area contributed by atoms with E-state index in [1.807, 2.05) is 93.6 Å². The maximum Gasteiger partial charge on any atom is 0.410 e. The molecule has 0 spiro atoms. The third-order valence-electron chi connectivity index (χ3n) is 12.9. The van der Waals surface area contributed by atoms with Gasteiger partial charge in [0.05, 0.1) is 25.0 Å². The summed E-state index contributed by atoms with van der Waals surface area (Å²) in [6.45, 7) is 25.3. The lowest BCUT2D eigenvalue weighted by Crippen LogP contribution is -2.47. The first kappa shape index (κ1) is 58.2. The minimum Gasteiger partial charge on any atom is -0.444 e. The predicted octanol–water partition coefficient (Wildman–Crippen LogP) is 12.8. The lowest BCUT2D eigenvalue weighted by molar-refractivity contribution is -0.118. The number of benzene rings is 4. The summed E-state index contributed by atoms with van der Waals surface area (Å²) < 4.78 is 17.8. The third kappa shape index (κ3) is 16.2. The van der Waals surface area contributed by atoms with Crippen molar-refractivity contribution < 1.29 is 38.2 Å². The van der Waals surface area contributed by atoms with E-state index in [0.717, 1.165) is 43.8 Å². The minimum atomic E-state index is -2.01. The van der Waals surface area contributed by atoms with Gasteiger partial charge in [-0.2, -0.15) is 0 Å². The normalized spacial score (nSPS) is 12.7. The van der Waals surface area contributed by atoms with Gasteiger partial charge in [0.2, 0.25) is 20.1 Å². The number of nitrogens with one attached hydrogen (secondary N) is 2. The van der Waals surface area contributed by atoms with Gasteiger partial charge in [-0.1, -0.05) is 102 Å². The Bertz CT molecular complexity index is 2800. The largest absolute Gasteiger partial charge is 0.444 e. The molecule has 6 rings (SSSR count). The summed E-state index contributed by atoms with van der Waals surface area (Å²) in [7, 11) is 1.26. The van der Waals surface area contributed by atoms with E-state index in [1.165, 1.54) is 9.80 Å². The number of amides is 4. The molecule has 6 aromatic rings. The predicted molar refractivity (Wildman–Crippen MR) is 299 cm³/mol. The lowest BCUT2D eigenvalue weighted by atomic mass is 9.96. The first-order valence-corrected chi connectivity index (χ1v) is 27.5. The van der Waals surface area contributed by atoms with Gasteiger partial charge in [0, 0.05) is 74.1 Å². The lowest BCUT2D eigenvalue weighted by Gasteiger charge is -2.42. The maximum absolute atomic E-state index is 13.7. The fraction of sp³-hybridized carbons (Fsp3) is 0.424. The first-order chi connectivity index (χ1) is 34.8. The zero-order valence-electron chi connectivity index (χ0n) is 45.9. The van der Waals surface area contributed by atoms with E-state index in [0.29, 0.717) is 34.6 Å². The Labute approximate surface area is 439 Å². The van der Waals surface area contributed by atoms with E-state index in [2.05, 4.69) is 62.1 Å². The van der Waals surface area contributed by atoms with Crippen LogP contribution in [0.25, 0.3) is 21.5 Å². The SMILES string of the molecule is CC(C)[Si](OCc1ccc(C(CN(C)C(=O)OC(C)(C)C)C(=O)Nc2ccc3cnccc3c2)cc1)(C(C)C)C(C)C.CN(CC(C(=O)Nc1ccc2cnccc2c1)c1ccc(CO)cc1)C(=O)OC(C)(C)C. The highest BCUT2D eigenvalue weighted by Gasteiger charge is 2.45. The van der Waals surface area contributed by atoms with E-state index in [-0.39, 0.29) is 31.5 Å². The minimum absolute atomic E-state index is 0.0824. The van der Waals surface area contributed by atoms with Gasteiger partial charge in [-0.25, -0.2) is 9.59 Å². The Hall–Kier alpha value is -6.68. The second kappa shape index (κ2) is 25.5. The molecule has 74 heavy (non-hydrogen) atoms. The molecule has 4 aromatic carbocycles. The van der Waals surface area contributed by atoms with E-state index in [9.17, 15) is 24.3 Å². The van der Waals surface area contributed by atoms with E-state index in [1.54, 1.807) is 83.9 Å². The topological polar surface area (TPSA) is 173 Å². The van der Waals surface area contributed by atoms with Crippen molar-refractivity contribution in [1.29, 1.82) is 0 Å². The van der Waals surface area contributed by atoms with Crippen LogP contribution in [0, 0.1) is 0 Å². The monoisotopic (exact) mass is 1030 g/mol. The van der Waals surface area contributed by atoms with Crippen LogP contribution in [0.3, 0.4) is 0 Å². The number of carbonyl (C=O) groups is 4. The second-order valence-corrected chi connectivity index (χ2v) is 27.4. The van der Waals surface area contributed by atoms with Gasteiger partial charge in [0.25, 0.3) is 0 Å². The van der Waals surface area contributed by atoms with Gasteiger partial charge in [-0.15, -0.1) is 0 Å². The Morgan fingerprint density at radius 1 is 0.554 bits per heavy atom. The quantitative estimate of drug-likeness (QED) is 0.0747. The number of nitrogens with zero attached hydrogens (tertiary/aromatic N) is 4. The summed E-state index contributed by atoms with van der Waals surface area (Å²) in [6, 6.07) is 30.3. The smallest absolute Gasteiger partial charge is 0.410 e. The van der Waals surface area contributed by atoms with Crippen LogP contribution < -0.4 is 10.6 Å². The van der Waals surface area contributed by atoms with Gasteiger partial charge in [-0.05, 0) is 128 Å². The summed E-state index contributed by atoms with van der Waals surface area (Å²) in [5, 5.41) is 19.3. The summed E-state index contributed by atoms with van der Waals surface area (Å²) in [5.41, 5.74) is 4.95. The fourth-order valence-electron chi connectivity index (χ4n) is 9.25. The van der Waals surface area contributed by atoms with Crippen molar-refractivity contribution in [3.05, 3.63) is 144 Å². The molecule has 0 aliphatic heterocycles. The van der Waals surface area contributed by atoms with Crippen LogP contribution in [0.4, 0.5) is 21.0 Å². The molecule has 4 amide bonds. The van der Waals surface area contributed by atoms with Crippen LogP contribution in [0.5, 0.6) is 0 Å². The zero-order chi connectivity index (χ0) is 54.5. The van der Waals surface area contributed by atoms with E-state index in [4.69, 9.17) is 13.9 Å². The van der Waals surface area contributed by atoms with Crippen LogP contribution in [0.2, 0.25) is 16.6 Å². The van der Waals surface area contributed by atoms with Crippen molar-refractivity contribution in [2.45, 2.75) is 136 Å². The molecular weight excluding hydrogens is 949 g/mol. The van der Waals surface area contributed by atoms with Crippen molar-refractivity contribution in [3.8, 4) is 0 Å². The molecule has 2 atom stereocenters.